The third kappa shape index (κ3) is 2.19. The van der Waals surface area contributed by atoms with Crippen molar-refractivity contribution in [3.05, 3.63) is 60.0 Å². The van der Waals surface area contributed by atoms with E-state index < -0.39 is 5.82 Å². The second kappa shape index (κ2) is 5.22. The number of rotatable bonds is 3. The van der Waals surface area contributed by atoms with E-state index in [1.54, 1.807) is 18.3 Å². The molecule has 0 amide bonds. The predicted molar refractivity (Wildman–Crippen MR) is 73.9 cm³/mol. The van der Waals surface area contributed by atoms with Crippen LogP contribution in [0.3, 0.4) is 0 Å². The molecule has 0 bridgehead atoms. The van der Waals surface area contributed by atoms with E-state index in [0.29, 0.717) is 17.2 Å². The molecule has 1 aromatic heterocycles. The van der Waals surface area contributed by atoms with Gasteiger partial charge >= 0.3 is 0 Å². The Balaban J connectivity index is 2.08. The van der Waals surface area contributed by atoms with Crippen LogP contribution in [0.2, 0.25) is 0 Å². The zero-order chi connectivity index (χ0) is 13.9. The molecule has 0 saturated heterocycles. The molecule has 2 N–H and O–H groups in total. The summed E-state index contributed by atoms with van der Waals surface area (Å²) in [5.74, 6) is 0.305. The minimum atomic E-state index is -0.391. The van der Waals surface area contributed by atoms with Gasteiger partial charge in [0.05, 0.1) is 6.20 Å². The second-order valence-corrected chi connectivity index (χ2v) is 4.26. The van der Waals surface area contributed by atoms with Crippen molar-refractivity contribution in [1.29, 1.82) is 0 Å². The Hall–Kier alpha value is -2.53. The molecule has 0 saturated carbocycles. The van der Waals surface area contributed by atoms with Crippen LogP contribution >= 0.6 is 0 Å². The van der Waals surface area contributed by atoms with Crippen LogP contribution in [0.5, 0.6) is 11.6 Å². The van der Waals surface area contributed by atoms with Gasteiger partial charge in [-0.25, -0.2) is 4.39 Å². The third-order valence-corrected chi connectivity index (χ3v) is 3.02. The lowest BCUT2D eigenvalue weighted by Gasteiger charge is -2.10. The normalized spacial score (nSPS) is 10.7. The summed E-state index contributed by atoms with van der Waals surface area (Å²) in [6.45, 7) is 0.0558. The van der Waals surface area contributed by atoms with E-state index in [1.807, 2.05) is 24.3 Å². The summed E-state index contributed by atoms with van der Waals surface area (Å²) in [4.78, 5) is 0. The quantitative estimate of drug-likeness (QED) is 0.794. The fraction of sp³-hybridized carbons (Fsp3) is 0.0667. The first-order valence-corrected chi connectivity index (χ1v) is 6.15. The van der Waals surface area contributed by atoms with Crippen LogP contribution in [0.4, 0.5) is 4.39 Å². The molecule has 0 radical (unpaired) electrons. The summed E-state index contributed by atoms with van der Waals surface area (Å²) >= 11 is 0. The van der Waals surface area contributed by atoms with Crippen molar-refractivity contribution >= 4 is 10.8 Å². The zero-order valence-electron chi connectivity index (χ0n) is 10.6. The van der Waals surface area contributed by atoms with Gasteiger partial charge in [0, 0.05) is 22.9 Å². The van der Waals surface area contributed by atoms with Crippen LogP contribution < -0.4 is 10.5 Å². The Bertz CT molecular complexity index is 756. The zero-order valence-corrected chi connectivity index (χ0v) is 10.6. The fourth-order valence-electron chi connectivity index (χ4n) is 2.01. The molecule has 0 atom stereocenters. The van der Waals surface area contributed by atoms with E-state index in [-0.39, 0.29) is 6.54 Å². The Labute approximate surface area is 115 Å². The monoisotopic (exact) mass is 269 g/mol. The van der Waals surface area contributed by atoms with Gasteiger partial charge in [-0.15, -0.1) is 5.10 Å². The molecular formula is C15H12FN3O. The number of halogens is 1. The highest BCUT2D eigenvalue weighted by Gasteiger charge is 2.11. The summed E-state index contributed by atoms with van der Waals surface area (Å²) in [5.41, 5.74) is 5.88. The van der Waals surface area contributed by atoms with Gasteiger partial charge in [0.2, 0.25) is 5.88 Å². The second-order valence-electron chi connectivity index (χ2n) is 4.26. The minimum Gasteiger partial charge on any atom is -0.437 e. The topological polar surface area (TPSA) is 61.0 Å². The highest BCUT2D eigenvalue weighted by Crippen LogP contribution is 2.29. The van der Waals surface area contributed by atoms with Crippen molar-refractivity contribution in [3.8, 4) is 11.6 Å². The summed E-state index contributed by atoms with van der Waals surface area (Å²) < 4.78 is 19.4. The van der Waals surface area contributed by atoms with Crippen molar-refractivity contribution < 1.29 is 9.13 Å². The van der Waals surface area contributed by atoms with Crippen LogP contribution in [-0.4, -0.2) is 10.2 Å². The van der Waals surface area contributed by atoms with E-state index in [0.717, 1.165) is 10.8 Å². The molecule has 2 aromatic carbocycles. The molecular weight excluding hydrogens is 257 g/mol. The summed E-state index contributed by atoms with van der Waals surface area (Å²) in [6.07, 6.45) is 1.65. The van der Waals surface area contributed by atoms with Crippen molar-refractivity contribution in [1.82, 2.24) is 10.2 Å². The molecule has 0 aliphatic carbocycles. The molecule has 100 valence electrons. The molecule has 5 heteroatoms. The lowest BCUT2D eigenvalue weighted by molar-refractivity contribution is 0.449. The highest BCUT2D eigenvalue weighted by molar-refractivity contribution is 5.86. The van der Waals surface area contributed by atoms with Gasteiger partial charge in [0.15, 0.2) is 0 Å². The number of nitrogens with zero attached hydrogens (tertiary/aromatic N) is 2. The highest BCUT2D eigenvalue weighted by atomic mass is 19.1. The molecule has 4 nitrogen and oxygen atoms in total. The minimum absolute atomic E-state index is 0.0558. The maximum Gasteiger partial charge on any atom is 0.246 e. The predicted octanol–water partition coefficient (Wildman–Crippen LogP) is 3.02. The number of fused-ring (bicyclic) bond motifs is 1. The lowest BCUT2D eigenvalue weighted by Crippen LogP contribution is -2.03. The standard InChI is InChI=1S/C15H12FN3O/c16-13-6-3-7-14(12(13)8-17)20-15-11-5-2-1-4-10(11)9-18-19-15/h1-7,9H,8,17H2. The molecule has 3 rings (SSSR count). The van der Waals surface area contributed by atoms with E-state index in [4.69, 9.17) is 10.5 Å². The third-order valence-electron chi connectivity index (χ3n) is 3.02. The van der Waals surface area contributed by atoms with Gasteiger partial charge in [-0.1, -0.05) is 24.3 Å². The number of hydrogen-bond acceptors (Lipinski definition) is 4. The average Bonchev–Trinajstić information content (AvgIpc) is 2.48. The van der Waals surface area contributed by atoms with Crippen LogP contribution in [-0.2, 0) is 6.54 Å². The molecule has 3 aromatic rings. The van der Waals surface area contributed by atoms with Crippen LogP contribution in [0.15, 0.2) is 48.7 Å². The van der Waals surface area contributed by atoms with E-state index >= 15 is 0 Å². The van der Waals surface area contributed by atoms with E-state index in [9.17, 15) is 4.39 Å². The summed E-state index contributed by atoms with van der Waals surface area (Å²) in [6, 6.07) is 12.2. The van der Waals surface area contributed by atoms with Crippen molar-refractivity contribution in [3.63, 3.8) is 0 Å². The van der Waals surface area contributed by atoms with Gasteiger partial charge in [-0.05, 0) is 18.2 Å². The van der Waals surface area contributed by atoms with Crippen molar-refractivity contribution in [2.45, 2.75) is 6.54 Å². The molecule has 0 fully saturated rings. The van der Waals surface area contributed by atoms with Crippen LogP contribution in [0.1, 0.15) is 5.56 Å². The first kappa shape index (κ1) is 12.5. The van der Waals surface area contributed by atoms with Gasteiger partial charge in [0.25, 0.3) is 0 Å². The first-order valence-electron chi connectivity index (χ1n) is 6.15. The number of benzene rings is 2. The van der Waals surface area contributed by atoms with E-state index in [2.05, 4.69) is 10.2 Å². The molecule has 0 aliphatic heterocycles. The molecule has 0 aliphatic rings. The molecule has 0 unspecified atom stereocenters. The Morgan fingerprint density at radius 1 is 1.10 bits per heavy atom. The molecule has 1 heterocycles. The first-order chi connectivity index (χ1) is 9.79. The van der Waals surface area contributed by atoms with Gasteiger partial charge < -0.3 is 10.5 Å². The Morgan fingerprint density at radius 3 is 2.80 bits per heavy atom. The number of hydrogen-bond donors (Lipinski definition) is 1. The molecule has 20 heavy (non-hydrogen) atoms. The number of nitrogens with two attached hydrogens (primary N) is 1. The summed E-state index contributed by atoms with van der Waals surface area (Å²) in [7, 11) is 0. The maximum absolute atomic E-state index is 13.7. The van der Waals surface area contributed by atoms with Crippen LogP contribution in [0, 0.1) is 5.82 Å². The largest absolute Gasteiger partial charge is 0.437 e. The number of ether oxygens (including phenoxy) is 1. The fourth-order valence-corrected chi connectivity index (χ4v) is 2.01. The lowest BCUT2D eigenvalue weighted by atomic mass is 10.2. The SMILES string of the molecule is NCc1c(F)cccc1Oc1nncc2ccccc12. The Kier molecular flexibility index (Phi) is 3.26. The average molecular weight is 269 g/mol. The summed E-state index contributed by atoms with van der Waals surface area (Å²) in [5, 5.41) is 9.58. The Morgan fingerprint density at radius 2 is 1.95 bits per heavy atom. The maximum atomic E-state index is 13.7. The number of aromatic nitrogens is 2. The van der Waals surface area contributed by atoms with Crippen molar-refractivity contribution in [2.24, 2.45) is 5.73 Å². The van der Waals surface area contributed by atoms with Gasteiger partial charge in [0.1, 0.15) is 11.6 Å². The van der Waals surface area contributed by atoms with Crippen molar-refractivity contribution in [2.75, 3.05) is 0 Å². The van der Waals surface area contributed by atoms with E-state index in [1.165, 1.54) is 6.07 Å². The van der Waals surface area contributed by atoms with Gasteiger partial charge in [-0.3, -0.25) is 0 Å². The van der Waals surface area contributed by atoms with Crippen LogP contribution in [0.25, 0.3) is 10.8 Å². The smallest absolute Gasteiger partial charge is 0.246 e. The van der Waals surface area contributed by atoms with Gasteiger partial charge in [-0.2, -0.15) is 5.10 Å². The molecule has 0 spiro atoms.